The number of aliphatic imine (C=N–C) groups is 1. The summed E-state index contributed by atoms with van der Waals surface area (Å²) in [5.74, 6) is 0.558. The van der Waals surface area contributed by atoms with Crippen LogP contribution in [-0.4, -0.2) is 31.1 Å². The van der Waals surface area contributed by atoms with Gasteiger partial charge in [0.15, 0.2) is 5.96 Å². The quantitative estimate of drug-likeness (QED) is 0.321. The van der Waals surface area contributed by atoms with Gasteiger partial charge in [-0.15, -0.1) is 24.0 Å². The summed E-state index contributed by atoms with van der Waals surface area (Å²) < 4.78 is 12.9. The maximum atomic E-state index is 12.9. The molecule has 0 aliphatic heterocycles. The normalized spacial score (nSPS) is 11.1. The van der Waals surface area contributed by atoms with E-state index in [0.717, 1.165) is 48.4 Å². The number of nitrogens with one attached hydrogen (secondary N) is 2. The summed E-state index contributed by atoms with van der Waals surface area (Å²) in [7, 11) is 1.76. The zero-order chi connectivity index (χ0) is 18.2. The highest BCUT2D eigenvalue weighted by molar-refractivity contribution is 14.0. The Kier molecular flexibility index (Phi) is 8.44. The number of pyridine rings is 1. The number of aromatic nitrogens is 1. The smallest absolute Gasteiger partial charge is 0.190 e. The third-order valence-corrected chi connectivity index (χ3v) is 4.25. The Bertz CT molecular complexity index is 875. The standard InChI is InChI=1S/C21H23FN4.HI/c1-23-21(25-14-11-16-7-9-19(22)10-8-16)26-15-12-18-5-2-4-17-6-3-13-24-20(17)18;/h2-10,13H,11-12,14-15H2,1H3,(H2,23,25,26);1H. The third kappa shape index (κ3) is 6.16. The van der Waals surface area contributed by atoms with Crippen LogP contribution >= 0.6 is 24.0 Å². The third-order valence-electron chi connectivity index (χ3n) is 4.25. The van der Waals surface area contributed by atoms with Crippen molar-refractivity contribution in [1.82, 2.24) is 15.6 Å². The molecule has 4 nitrogen and oxygen atoms in total. The molecule has 3 rings (SSSR count). The molecule has 0 atom stereocenters. The van der Waals surface area contributed by atoms with Crippen molar-refractivity contribution in [2.75, 3.05) is 20.1 Å². The molecule has 0 unspecified atom stereocenters. The summed E-state index contributed by atoms with van der Waals surface area (Å²) in [5.41, 5.74) is 3.37. The van der Waals surface area contributed by atoms with E-state index in [2.05, 4.69) is 44.9 Å². The number of benzene rings is 2. The van der Waals surface area contributed by atoms with Crippen LogP contribution in [0.3, 0.4) is 0 Å². The Balaban J connectivity index is 0.00000261. The Morgan fingerprint density at radius 2 is 1.67 bits per heavy atom. The van der Waals surface area contributed by atoms with E-state index in [4.69, 9.17) is 0 Å². The minimum absolute atomic E-state index is 0. The van der Waals surface area contributed by atoms with E-state index in [-0.39, 0.29) is 29.8 Å². The molecule has 0 radical (unpaired) electrons. The van der Waals surface area contributed by atoms with Crippen LogP contribution in [0.1, 0.15) is 11.1 Å². The number of hydrogen-bond acceptors (Lipinski definition) is 2. The van der Waals surface area contributed by atoms with Gasteiger partial charge in [0.2, 0.25) is 0 Å². The van der Waals surface area contributed by atoms with Crippen LogP contribution in [0.25, 0.3) is 10.9 Å². The second-order valence-corrected chi connectivity index (χ2v) is 6.04. The first kappa shape index (κ1) is 21.1. The fraction of sp³-hybridized carbons (Fsp3) is 0.238. The summed E-state index contributed by atoms with van der Waals surface area (Å²) >= 11 is 0. The topological polar surface area (TPSA) is 49.3 Å². The Morgan fingerprint density at radius 1 is 0.963 bits per heavy atom. The molecule has 0 aliphatic carbocycles. The Morgan fingerprint density at radius 3 is 2.41 bits per heavy atom. The molecule has 3 aromatic rings. The van der Waals surface area contributed by atoms with Crippen LogP contribution < -0.4 is 10.6 Å². The van der Waals surface area contributed by atoms with Crippen molar-refractivity contribution in [3.63, 3.8) is 0 Å². The molecule has 0 bridgehead atoms. The van der Waals surface area contributed by atoms with Crippen molar-refractivity contribution in [2.24, 2.45) is 4.99 Å². The van der Waals surface area contributed by atoms with E-state index in [1.54, 1.807) is 19.2 Å². The highest BCUT2D eigenvalue weighted by Gasteiger charge is 2.03. The molecule has 1 aromatic heterocycles. The zero-order valence-electron chi connectivity index (χ0n) is 15.3. The maximum absolute atomic E-state index is 12.9. The largest absolute Gasteiger partial charge is 0.356 e. The molecule has 6 heteroatoms. The van der Waals surface area contributed by atoms with Gasteiger partial charge in [-0.05, 0) is 42.2 Å². The van der Waals surface area contributed by atoms with E-state index >= 15 is 0 Å². The fourth-order valence-electron chi connectivity index (χ4n) is 2.88. The second kappa shape index (κ2) is 10.8. The van der Waals surface area contributed by atoms with Crippen molar-refractivity contribution < 1.29 is 4.39 Å². The number of halogens is 2. The molecule has 142 valence electrons. The number of para-hydroxylation sites is 1. The monoisotopic (exact) mass is 478 g/mol. The highest BCUT2D eigenvalue weighted by atomic mass is 127. The van der Waals surface area contributed by atoms with Gasteiger partial charge in [-0.25, -0.2) is 4.39 Å². The first-order valence-corrected chi connectivity index (χ1v) is 8.78. The van der Waals surface area contributed by atoms with E-state index in [1.807, 2.05) is 12.3 Å². The molecular formula is C21H24FIN4. The summed E-state index contributed by atoms with van der Waals surface area (Å²) in [6, 6.07) is 16.9. The van der Waals surface area contributed by atoms with Crippen molar-refractivity contribution in [3.8, 4) is 0 Å². The van der Waals surface area contributed by atoms with Gasteiger partial charge in [0.05, 0.1) is 5.52 Å². The van der Waals surface area contributed by atoms with Gasteiger partial charge in [0, 0.05) is 31.7 Å². The lowest BCUT2D eigenvalue weighted by Crippen LogP contribution is -2.39. The van der Waals surface area contributed by atoms with Gasteiger partial charge < -0.3 is 10.6 Å². The number of guanidine groups is 1. The predicted molar refractivity (Wildman–Crippen MR) is 120 cm³/mol. The molecule has 0 spiro atoms. The fourth-order valence-corrected chi connectivity index (χ4v) is 2.88. The van der Waals surface area contributed by atoms with Crippen LogP contribution in [0.15, 0.2) is 65.8 Å². The van der Waals surface area contributed by atoms with Crippen LogP contribution in [0.5, 0.6) is 0 Å². The number of rotatable bonds is 6. The minimum Gasteiger partial charge on any atom is -0.356 e. The molecule has 0 fully saturated rings. The van der Waals surface area contributed by atoms with Gasteiger partial charge in [0.25, 0.3) is 0 Å². The van der Waals surface area contributed by atoms with Gasteiger partial charge in [-0.3, -0.25) is 9.98 Å². The molecule has 0 aliphatic rings. The van der Waals surface area contributed by atoms with Crippen molar-refractivity contribution in [1.29, 1.82) is 0 Å². The zero-order valence-corrected chi connectivity index (χ0v) is 17.6. The van der Waals surface area contributed by atoms with E-state index in [1.165, 1.54) is 17.7 Å². The Labute approximate surface area is 176 Å². The molecule has 2 aromatic carbocycles. The molecule has 0 saturated heterocycles. The van der Waals surface area contributed by atoms with Gasteiger partial charge in [-0.1, -0.05) is 36.4 Å². The first-order valence-electron chi connectivity index (χ1n) is 8.78. The van der Waals surface area contributed by atoms with Gasteiger partial charge in [-0.2, -0.15) is 0 Å². The van der Waals surface area contributed by atoms with Crippen LogP contribution in [0.4, 0.5) is 4.39 Å². The maximum Gasteiger partial charge on any atom is 0.190 e. The lowest BCUT2D eigenvalue weighted by Gasteiger charge is -2.12. The van der Waals surface area contributed by atoms with Crippen molar-refractivity contribution in [2.45, 2.75) is 12.8 Å². The van der Waals surface area contributed by atoms with Crippen molar-refractivity contribution >= 4 is 40.8 Å². The summed E-state index contributed by atoms with van der Waals surface area (Å²) in [6.07, 6.45) is 3.51. The van der Waals surface area contributed by atoms with Crippen LogP contribution in [-0.2, 0) is 12.8 Å². The lowest BCUT2D eigenvalue weighted by atomic mass is 10.1. The number of hydrogen-bond donors (Lipinski definition) is 2. The van der Waals surface area contributed by atoms with Crippen LogP contribution in [0, 0.1) is 5.82 Å². The molecule has 27 heavy (non-hydrogen) atoms. The predicted octanol–water partition coefficient (Wildman–Crippen LogP) is 3.94. The van der Waals surface area contributed by atoms with Gasteiger partial charge in [0.1, 0.15) is 5.82 Å². The summed E-state index contributed by atoms with van der Waals surface area (Å²) in [5, 5.41) is 7.77. The highest BCUT2D eigenvalue weighted by Crippen LogP contribution is 2.15. The van der Waals surface area contributed by atoms with Gasteiger partial charge >= 0.3 is 0 Å². The minimum atomic E-state index is -0.206. The molecule has 0 saturated carbocycles. The molecule has 0 amide bonds. The number of fused-ring (bicyclic) bond motifs is 1. The van der Waals surface area contributed by atoms with Crippen LogP contribution in [0.2, 0.25) is 0 Å². The molecule has 1 heterocycles. The van der Waals surface area contributed by atoms with E-state index in [9.17, 15) is 4.39 Å². The van der Waals surface area contributed by atoms with E-state index < -0.39 is 0 Å². The first-order chi connectivity index (χ1) is 12.8. The summed E-state index contributed by atoms with van der Waals surface area (Å²) in [4.78, 5) is 8.73. The average Bonchev–Trinajstić information content (AvgIpc) is 2.68. The lowest BCUT2D eigenvalue weighted by molar-refractivity contribution is 0.626. The summed E-state index contributed by atoms with van der Waals surface area (Å²) in [6.45, 7) is 1.51. The van der Waals surface area contributed by atoms with E-state index in [0.29, 0.717) is 0 Å². The molecule has 2 N–H and O–H groups in total. The van der Waals surface area contributed by atoms with Crippen molar-refractivity contribution in [3.05, 3.63) is 77.7 Å². The molecular weight excluding hydrogens is 454 g/mol. The number of nitrogens with zero attached hydrogens (tertiary/aromatic N) is 2. The Hall–Kier alpha value is -2.22. The average molecular weight is 478 g/mol. The SMILES string of the molecule is CN=C(NCCc1ccc(F)cc1)NCCc1cccc2cccnc12.I. The second-order valence-electron chi connectivity index (χ2n) is 6.04.